The van der Waals surface area contributed by atoms with Gasteiger partial charge in [-0.05, 0) is 39.2 Å². The molecule has 1 aliphatic heterocycles. The van der Waals surface area contributed by atoms with Crippen molar-refractivity contribution in [1.82, 2.24) is 10.2 Å². The van der Waals surface area contributed by atoms with E-state index in [2.05, 4.69) is 24.2 Å². The van der Waals surface area contributed by atoms with Crippen LogP contribution in [-0.2, 0) is 4.74 Å². The molecular formula is C13H26N2O. The maximum absolute atomic E-state index is 5.50. The van der Waals surface area contributed by atoms with E-state index in [1.54, 1.807) is 0 Å². The lowest BCUT2D eigenvalue weighted by molar-refractivity contribution is 0.0613. The summed E-state index contributed by atoms with van der Waals surface area (Å²) in [5.41, 5.74) is 0. The molecule has 1 saturated heterocycles. The van der Waals surface area contributed by atoms with Crippen molar-refractivity contribution in [3.63, 3.8) is 0 Å². The van der Waals surface area contributed by atoms with Crippen molar-refractivity contribution in [2.45, 2.75) is 44.7 Å². The number of nitrogens with one attached hydrogen (secondary N) is 1. The Hall–Kier alpha value is -0.120. The summed E-state index contributed by atoms with van der Waals surface area (Å²) in [6.45, 7) is 6.41. The van der Waals surface area contributed by atoms with Gasteiger partial charge in [0.15, 0.2) is 0 Å². The molecule has 0 spiro atoms. The molecule has 2 fully saturated rings. The first-order valence-corrected chi connectivity index (χ1v) is 6.77. The highest BCUT2D eigenvalue weighted by Crippen LogP contribution is 2.27. The maximum atomic E-state index is 5.50. The number of nitrogens with zero attached hydrogens (tertiary/aromatic N) is 1. The lowest BCUT2D eigenvalue weighted by Crippen LogP contribution is -2.46. The number of ether oxygens (including phenoxy) is 1. The zero-order valence-corrected chi connectivity index (χ0v) is 10.7. The van der Waals surface area contributed by atoms with Crippen molar-refractivity contribution in [1.29, 1.82) is 0 Å². The normalized spacial score (nSPS) is 29.1. The van der Waals surface area contributed by atoms with Gasteiger partial charge in [0, 0.05) is 25.2 Å². The summed E-state index contributed by atoms with van der Waals surface area (Å²) < 4.78 is 5.50. The number of hydrogen-bond acceptors (Lipinski definition) is 3. The van der Waals surface area contributed by atoms with Crippen LogP contribution in [0.5, 0.6) is 0 Å². The molecule has 1 N–H and O–H groups in total. The van der Waals surface area contributed by atoms with Crippen LogP contribution >= 0.6 is 0 Å². The molecule has 3 nitrogen and oxygen atoms in total. The Kier molecular flexibility index (Phi) is 4.62. The van der Waals surface area contributed by atoms with Gasteiger partial charge in [-0.1, -0.05) is 6.42 Å². The maximum Gasteiger partial charge on any atom is 0.0620 e. The molecule has 1 heterocycles. The van der Waals surface area contributed by atoms with Crippen LogP contribution in [0.1, 0.15) is 32.6 Å². The first-order chi connectivity index (χ1) is 7.75. The summed E-state index contributed by atoms with van der Waals surface area (Å²) in [4.78, 5) is 2.53. The van der Waals surface area contributed by atoms with Crippen LogP contribution in [0.25, 0.3) is 0 Å². The molecule has 0 aromatic carbocycles. The van der Waals surface area contributed by atoms with E-state index in [4.69, 9.17) is 4.74 Å². The molecule has 1 aliphatic carbocycles. The molecular weight excluding hydrogens is 200 g/mol. The van der Waals surface area contributed by atoms with Gasteiger partial charge in [0.05, 0.1) is 13.2 Å². The van der Waals surface area contributed by atoms with Crippen LogP contribution in [0.4, 0.5) is 0 Å². The van der Waals surface area contributed by atoms with Gasteiger partial charge in [-0.3, -0.25) is 0 Å². The zero-order chi connectivity index (χ0) is 11.4. The Morgan fingerprint density at radius 2 is 2.25 bits per heavy atom. The topological polar surface area (TPSA) is 24.5 Å². The Morgan fingerprint density at radius 3 is 2.81 bits per heavy atom. The molecule has 2 rings (SSSR count). The third-order valence-electron chi connectivity index (χ3n) is 4.15. The molecule has 1 saturated carbocycles. The molecule has 0 aromatic rings. The van der Waals surface area contributed by atoms with Gasteiger partial charge in [-0.15, -0.1) is 0 Å². The highest BCUT2D eigenvalue weighted by molar-refractivity contribution is 4.79. The lowest BCUT2D eigenvalue weighted by atomic mass is 9.85. The Bertz CT molecular complexity index is 200. The van der Waals surface area contributed by atoms with Gasteiger partial charge in [0.2, 0.25) is 0 Å². The quantitative estimate of drug-likeness (QED) is 0.768. The zero-order valence-electron chi connectivity index (χ0n) is 10.7. The van der Waals surface area contributed by atoms with Gasteiger partial charge >= 0.3 is 0 Å². The smallest absolute Gasteiger partial charge is 0.0620 e. The van der Waals surface area contributed by atoms with Crippen molar-refractivity contribution in [3.05, 3.63) is 0 Å². The number of hydrogen-bond donors (Lipinski definition) is 1. The first-order valence-electron chi connectivity index (χ1n) is 6.77. The predicted molar refractivity (Wildman–Crippen MR) is 66.7 cm³/mol. The molecule has 94 valence electrons. The Morgan fingerprint density at radius 1 is 1.44 bits per heavy atom. The SMILES string of the molecule is CC(CC1COCCN1)N(C)CC1CCC1. The second kappa shape index (κ2) is 5.99. The molecule has 2 atom stereocenters. The minimum Gasteiger partial charge on any atom is -0.379 e. The van der Waals surface area contributed by atoms with Crippen molar-refractivity contribution >= 4 is 0 Å². The summed E-state index contributed by atoms with van der Waals surface area (Å²) in [6, 6.07) is 1.23. The first kappa shape index (κ1) is 12.3. The third kappa shape index (κ3) is 3.44. The summed E-state index contributed by atoms with van der Waals surface area (Å²) >= 11 is 0. The average molecular weight is 226 g/mol. The van der Waals surface area contributed by atoms with E-state index in [1.165, 1.54) is 32.2 Å². The lowest BCUT2D eigenvalue weighted by Gasteiger charge is -2.35. The van der Waals surface area contributed by atoms with Crippen LogP contribution in [-0.4, -0.2) is 50.3 Å². The number of morpholine rings is 1. The molecule has 16 heavy (non-hydrogen) atoms. The molecule has 0 radical (unpaired) electrons. The van der Waals surface area contributed by atoms with E-state index in [9.17, 15) is 0 Å². The summed E-state index contributed by atoms with van der Waals surface area (Å²) in [6.07, 6.45) is 5.55. The number of rotatable bonds is 5. The van der Waals surface area contributed by atoms with Crippen LogP contribution in [0.2, 0.25) is 0 Å². The predicted octanol–water partition coefficient (Wildman–Crippen LogP) is 1.49. The standard InChI is InChI=1S/C13H26N2O/c1-11(8-13-10-16-7-6-14-13)15(2)9-12-4-3-5-12/h11-14H,3-10H2,1-2H3. The van der Waals surface area contributed by atoms with E-state index in [-0.39, 0.29) is 0 Å². The van der Waals surface area contributed by atoms with Crippen LogP contribution in [0, 0.1) is 5.92 Å². The largest absolute Gasteiger partial charge is 0.379 e. The highest BCUT2D eigenvalue weighted by Gasteiger charge is 2.23. The van der Waals surface area contributed by atoms with E-state index in [0.29, 0.717) is 12.1 Å². The van der Waals surface area contributed by atoms with E-state index in [0.717, 1.165) is 25.7 Å². The average Bonchev–Trinajstić information content (AvgIpc) is 2.24. The van der Waals surface area contributed by atoms with Crippen LogP contribution in [0.15, 0.2) is 0 Å². The van der Waals surface area contributed by atoms with Crippen LogP contribution in [0.3, 0.4) is 0 Å². The second-order valence-corrected chi connectivity index (χ2v) is 5.55. The highest BCUT2D eigenvalue weighted by atomic mass is 16.5. The Balaban J connectivity index is 1.66. The van der Waals surface area contributed by atoms with Gasteiger partial charge in [-0.2, -0.15) is 0 Å². The van der Waals surface area contributed by atoms with Crippen molar-refractivity contribution in [2.24, 2.45) is 5.92 Å². The third-order valence-corrected chi connectivity index (χ3v) is 4.15. The Labute approximate surface area is 99.5 Å². The molecule has 0 bridgehead atoms. The van der Waals surface area contributed by atoms with Crippen molar-refractivity contribution in [3.8, 4) is 0 Å². The van der Waals surface area contributed by atoms with E-state index >= 15 is 0 Å². The summed E-state index contributed by atoms with van der Waals surface area (Å²) in [5, 5.41) is 3.53. The summed E-state index contributed by atoms with van der Waals surface area (Å²) in [7, 11) is 2.27. The van der Waals surface area contributed by atoms with Crippen LogP contribution < -0.4 is 5.32 Å². The van der Waals surface area contributed by atoms with Gasteiger partial charge in [0.1, 0.15) is 0 Å². The molecule has 3 heteroatoms. The summed E-state index contributed by atoms with van der Waals surface area (Å²) in [5.74, 6) is 0.975. The fourth-order valence-corrected chi connectivity index (χ4v) is 2.63. The van der Waals surface area contributed by atoms with Gasteiger partial charge in [-0.25, -0.2) is 0 Å². The minimum absolute atomic E-state index is 0.563. The fourth-order valence-electron chi connectivity index (χ4n) is 2.63. The minimum atomic E-state index is 0.563. The fraction of sp³-hybridized carbons (Fsp3) is 1.00. The second-order valence-electron chi connectivity index (χ2n) is 5.55. The van der Waals surface area contributed by atoms with E-state index in [1.807, 2.05) is 0 Å². The molecule has 2 unspecified atom stereocenters. The van der Waals surface area contributed by atoms with Crippen molar-refractivity contribution < 1.29 is 4.74 Å². The van der Waals surface area contributed by atoms with Gasteiger partial charge in [0.25, 0.3) is 0 Å². The molecule has 0 amide bonds. The molecule has 2 aliphatic rings. The van der Waals surface area contributed by atoms with E-state index < -0.39 is 0 Å². The monoisotopic (exact) mass is 226 g/mol. The van der Waals surface area contributed by atoms with Gasteiger partial charge < -0.3 is 15.0 Å². The van der Waals surface area contributed by atoms with Crippen molar-refractivity contribution in [2.75, 3.05) is 33.4 Å². The molecule has 0 aromatic heterocycles.